The zero-order valence-electron chi connectivity index (χ0n) is 15.8. The summed E-state index contributed by atoms with van der Waals surface area (Å²) >= 11 is 0. The number of hydrogen-bond donors (Lipinski definition) is 2. The highest BCUT2D eigenvalue weighted by atomic mass is 15.0. The molecule has 0 radical (unpaired) electrons. The SMILES string of the molecule is CCCCCc1cc(NCCNc2cccc(C)n2)c2ccccc2n1. The average Bonchev–Trinajstić information content (AvgIpc) is 2.65. The summed E-state index contributed by atoms with van der Waals surface area (Å²) in [5.41, 5.74) is 4.44. The number of rotatable bonds is 9. The Morgan fingerprint density at radius 2 is 1.73 bits per heavy atom. The summed E-state index contributed by atoms with van der Waals surface area (Å²) in [7, 11) is 0. The van der Waals surface area contributed by atoms with Crippen molar-refractivity contribution >= 4 is 22.4 Å². The average molecular weight is 348 g/mol. The number of nitrogens with zero attached hydrogens (tertiary/aromatic N) is 2. The highest BCUT2D eigenvalue weighted by Gasteiger charge is 2.05. The van der Waals surface area contributed by atoms with Crippen molar-refractivity contribution in [3.63, 3.8) is 0 Å². The number of fused-ring (bicyclic) bond motifs is 1. The molecule has 0 unspecified atom stereocenters. The van der Waals surface area contributed by atoms with E-state index in [0.29, 0.717) is 0 Å². The molecule has 2 aromatic heterocycles. The summed E-state index contributed by atoms with van der Waals surface area (Å²) in [5.74, 6) is 0.923. The summed E-state index contributed by atoms with van der Waals surface area (Å²) in [6.07, 6.45) is 4.72. The largest absolute Gasteiger partial charge is 0.383 e. The highest BCUT2D eigenvalue weighted by Crippen LogP contribution is 2.23. The normalized spacial score (nSPS) is 10.8. The van der Waals surface area contributed by atoms with E-state index in [2.05, 4.69) is 52.9 Å². The molecule has 136 valence electrons. The van der Waals surface area contributed by atoms with Crippen LogP contribution in [0.3, 0.4) is 0 Å². The molecule has 3 rings (SSSR count). The summed E-state index contributed by atoms with van der Waals surface area (Å²) < 4.78 is 0. The molecule has 0 fully saturated rings. The van der Waals surface area contributed by atoms with Gasteiger partial charge < -0.3 is 10.6 Å². The third kappa shape index (κ3) is 4.94. The van der Waals surface area contributed by atoms with Gasteiger partial charge in [-0.25, -0.2) is 4.98 Å². The first-order chi connectivity index (χ1) is 12.8. The van der Waals surface area contributed by atoms with Crippen LogP contribution >= 0.6 is 0 Å². The van der Waals surface area contributed by atoms with Crippen molar-refractivity contribution in [3.8, 4) is 0 Å². The lowest BCUT2D eigenvalue weighted by Crippen LogP contribution is -2.15. The van der Waals surface area contributed by atoms with Crippen molar-refractivity contribution in [2.45, 2.75) is 39.5 Å². The van der Waals surface area contributed by atoms with Crippen LogP contribution < -0.4 is 10.6 Å². The molecule has 1 aromatic carbocycles. The monoisotopic (exact) mass is 348 g/mol. The van der Waals surface area contributed by atoms with Gasteiger partial charge in [0.25, 0.3) is 0 Å². The second kappa shape index (κ2) is 9.18. The molecule has 0 aliphatic carbocycles. The number of aryl methyl sites for hydroxylation is 2. The lowest BCUT2D eigenvalue weighted by Gasteiger charge is -2.13. The van der Waals surface area contributed by atoms with E-state index in [1.54, 1.807) is 0 Å². The minimum Gasteiger partial charge on any atom is -0.383 e. The van der Waals surface area contributed by atoms with Gasteiger partial charge >= 0.3 is 0 Å². The van der Waals surface area contributed by atoms with Gasteiger partial charge in [0.2, 0.25) is 0 Å². The lowest BCUT2D eigenvalue weighted by atomic mass is 10.1. The minimum atomic E-state index is 0.818. The Bertz CT molecular complexity index is 844. The van der Waals surface area contributed by atoms with Crippen LogP contribution in [0.4, 0.5) is 11.5 Å². The van der Waals surface area contributed by atoms with Crippen LogP contribution in [0.5, 0.6) is 0 Å². The number of nitrogens with one attached hydrogen (secondary N) is 2. The fourth-order valence-corrected chi connectivity index (χ4v) is 3.09. The van der Waals surface area contributed by atoms with Gasteiger partial charge in [0.15, 0.2) is 0 Å². The van der Waals surface area contributed by atoms with Gasteiger partial charge in [0.1, 0.15) is 5.82 Å². The standard InChI is InChI=1S/C22H28N4/c1-3-4-5-10-18-16-21(19-11-6-7-12-20(19)26-18)23-14-15-24-22-13-8-9-17(2)25-22/h6-9,11-13,16H,3-5,10,14-15H2,1-2H3,(H,23,26)(H,24,25). The molecule has 0 bridgehead atoms. The van der Waals surface area contributed by atoms with E-state index in [1.165, 1.54) is 36.0 Å². The number of pyridine rings is 2. The molecule has 0 aliphatic rings. The molecule has 4 heteroatoms. The summed E-state index contributed by atoms with van der Waals surface area (Å²) in [6.45, 7) is 5.89. The molecular weight excluding hydrogens is 320 g/mol. The first kappa shape index (κ1) is 18.2. The van der Waals surface area contributed by atoms with Gasteiger partial charge in [0.05, 0.1) is 5.52 Å². The van der Waals surface area contributed by atoms with Crippen molar-refractivity contribution in [2.24, 2.45) is 0 Å². The Morgan fingerprint density at radius 3 is 2.58 bits per heavy atom. The number of benzene rings is 1. The van der Waals surface area contributed by atoms with Crippen LogP contribution in [0.1, 0.15) is 37.6 Å². The Hall–Kier alpha value is -2.62. The van der Waals surface area contributed by atoms with Gasteiger partial charge in [0, 0.05) is 35.6 Å². The maximum atomic E-state index is 4.83. The highest BCUT2D eigenvalue weighted by molar-refractivity contribution is 5.91. The first-order valence-electron chi connectivity index (χ1n) is 9.56. The van der Waals surface area contributed by atoms with Gasteiger partial charge in [-0.1, -0.05) is 44.0 Å². The van der Waals surface area contributed by atoms with Crippen LogP contribution in [0, 0.1) is 6.92 Å². The van der Waals surface area contributed by atoms with Crippen molar-refractivity contribution < 1.29 is 0 Å². The third-order valence-electron chi connectivity index (χ3n) is 4.44. The molecule has 0 spiro atoms. The van der Waals surface area contributed by atoms with E-state index >= 15 is 0 Å². The van der Waals surface area contributed by atoms with Crippen molar-refractivity contribution in [2.75, 3.05) is 23.7 Å². The van der Waals surface area contributed by atoms with E-state index < -0.39 is 0 Å². The lowest BCUT2D eigenvalue weighted by molar-refractivity contribution is 0.709. The zero-order chi connectivity index (χ0) is 18.2. The molecule has 3 aromatic rings. The fraction of sp³-hybridized carbons (Fsp3) is 0.364. The number of hydrogen-bond acceptors (Lipinski definition) is 4. The molecule has 2 N–H and O–H groups in total. The van der Waals surface area contributed by atoms with Crippen molar-refractivity contribution in [1.29, 1.82) is 0 Å². The summed E-state index contributed by atoms with van der Waals surface area (Å²) in [4.78, 5) is 9.30. The predicted molar refractivity (Wildman–Crippen MR) is 111 cm³/mol. The van der Waals surface area contributed by atoms with E-state index in [9.17, 15) is 0 Å². The molecule has 0 amide bonds. The van der Waals surface area contributed by atoms with Crippen LogP contribution in [0.25, 0.3) is 10.9 Å². The van der Waals surface area contributed by atoms with Crippen LogP contribution in [-0.4, -0.2) is 23.1 Å². The number of para-hydroxylation sites is 1. The van der Waals surface area contributed by atoms with Gasteiger partial charge in [-0.15, -0.1) is 0 Å². The molecule has 4 nitrogen and oxygen atoms in total. The zero-order valence-corrected chi connectivity index (χ0v) is 15.8. The number of aromatic nitrogens is 2. The smallest absolute Gasteiger partial charge is 0.126 e. The maximum absolute atomic E-state index is 4.83. The predicted octanol–water partition coefficient (Wildman–Crippen LogP) is 5.19. The van der Waals surface area contributed by atoms with E-state index in [-0.39, 0.29) is 0 Å². The Morgan fingerprint density at radius 1 is 0.885 bits per heavy atom. The second-order valence-electron chi connectivity index (χ2n) is 6.65. The molecule has 2 heterocycles. The molecule has 0 saturated heterocycles. The third-order valence-corrected chi connectivity index (χ3v) is 4.44. The topological polar surface area (TPSA) is 49.8 Å². The first-order valence-corrected chi connectivity index (χ1v) is 9.56. The molecule has 26 heavy (non-hydrogen) atoms. The van der Waals surface area contributed by atoms with Crippen LogP contribution in [0.15, 0.2) is 48.5 Å². The van der Waals surface area contributed by atoms with E-state index in [1.807, 2.05) is 25.1 Å². The number of anilines is 2. The van der Waals surface area contributed by atoms with Crippen LogP contribution in [-0.2, 0) is 6.42 Å². The number of unbranched alkanes of at least 4 members (excludes halogenated alkanes) is 2. The quantitative estimate of drug-likeness (QED) is 0.522. The Labute approximate surface area is 156 Å². The van der Waals surface area contributed by atoms with Gasteiger partial charge in [-0.3, -0.25) is 4.98 Å². The maximum Gasteiger partial charge on any atom is 0.126 e. The van der Waals surface area contributed by atoms with Gasteiger partial charge in [-0.05, 0) is 44.0 Å². The summed E-state index contributed by atoms with van der Waals surface area (Å²) in [6, 6.07) is 16.6. The molecule has 0 aliphatic heterocycles. The van der Waals surface area contributed by atoms with Crippen molar-refractivity contribution in [1.82, 2.24) is 9.97 Å². The second-order valence-corrected chi connectivity index (χ2v) is 6.65. The minimum absolute atomic E-state index is 0.818. The van der Waals surface area contributed by atoms with Crippen LogP contribution in [0.2, 0.25) is 0 Å². The van der Waals surface area contributed by atoms with Gasteiger partial charge in [-0.2, -0.15) is 0 Å². The Kier molecular flexibility index (Phi) is 6.42. The molecule has 0 saturated carbocycles. The summed E-state index contributed by atoms with van der Waals surface area (Å²) in [5, 5.41) is 8.13. The molecular formula is C22H28N4. The Balaban J connectivity index is 1.65. The van der Waals surface area contributed by atoms with Crippen molar-refractivity contribution in [3.05, 3.63) is 59.9 Å². The van der Waals surface area contributed by atoms with E-state index in [0.717, 1.165) is 36.5 Å². The fourth-order valence-electron chi connectivity index (χ4n) is 3.09. The molecule has 0 atom stereocenters. The van der Waals surface area contributed by atoms with E-state index in [4.69, 9.17) is 4.98 Å².